The number of thiazole rings is 1. The van der Waals surface area contributed by atoms with E-state index in [2.05, 4.69) is 27.3 Å². The van der Waals surface area contributed by atoms with Crippen molar-refractivity contribution in [2.45, 2.75) is 25.1 Å². The van der Waals surface area contributed by atoms with Crippen LogP contribution in [-0.4, -0.2) is 29.5 Å². The minimum atomic E-state index is -4.38. The Morgan fingerprint density at radius 2 is 1.87 bits per heavy atom. The monoisotopic (exact) mass is 341 g/mol. The van der Waals surface area contributed by atoms with Crippen LogP contribution in [0.15, 0.2) is 35.7 Å². The number of aromatic nitrogens is 1. The zero-order chi connectivity index (χ0) is 16.3. The van der Waals surface area contributed by atoms with Gasteiger partial charge in [0.25, 0.3) is 0 Å². The van der Waals surface area contributed by atoms with Crippen LogP contribution in [0.25, 0.3) is 0 Å². The SMILES string of the molecule is FC(F)(F)c1csc(NCC(c2ccccc2)N2CCCC2)n1. The number of nitrogens with one attached hydrogen (secondary N) is 1. The van der Waals surface area contributed by atoms with Crippen LogP contribution in [0.3, 0.4) is 0 Å². The van der Waals surface area contributed by atoms with E-state index in [1.54, 1.807) is 0 Å². The van der Waals surface area contributed by atoms with E-state index in [1.165, 1.54) is 18.4 Å². The van der Waals surface area contributed by atoms with Crippen molar-refractivity contribution in [1.82, 2.24) is 9.88 Å². The molecule has 124 valence electrons. The van der Waals surface area contributed by atoms with Gasteiger partial charge in [0.1, 0.15) is 0 Å². The average Bonchev–Trinajstić information content (AvgIpc) is 3.19. The molecule has 0 radical (unpaired) electrons. The molecule has 1 aliphatic rings. The van der Waals surface area contributed by atoms with Gasteiger partial charge in [0.2, 0.25) is 0 Å². The first kappa shape index (κ1) is 16.3. The lowest BCUT2D eigenvalue weighted by Gasteiger charge is -2.28. The van der Waals surface area contributed by atoms with Crippen LogP contribution < -0.4 is 5.32 Å². The summed E-state index contributed by atoms with van der Waals surface area (Å²) < 4.78 is 37.9. The second kappa shape index (κ2) is 6.88. The number of halogens is 3. The molecule has 0 aliphatic carbocycles. The lowest BCUT2D eigenvalue weighted by Crippen LogP contribution is -2.31. The van der Waals surface area contributed by atoms with Crippen molar-refractivity contribution in [3.63, 3.8) is 0 Å². The van der Waals surface area contributed by atoms with Gasteiger partial charge in [0.15, 0.2) is 10.8 Å². The summed E-state index contributed by atoms with van der Waals surface area (Å²) in [6.07, 6.45) is -2.05. The maximum Gasteiger partial charge on any atom is 0.434 e. The number of hydrogen-bond acceptors (Lipinski definition) is 4. The zero-order valence-corrected chi connectivity index (χ0v) is 13.3. The third-order valence-corrected chi connectivity index (χ3v) is 4.81. The summed E-state index contributed by atoms with van der Waals surface area (Å²) in [5.41, 5.74) is 0.344. The van der Waals surface area contributed by atoms with Gasteiger partial charge >= 0.3 is 6.18 Å². The molecule has 23 heavy (non-hydrogen) atoms. The molecule has 2 heterocycles. The predicted octanol–water partition coefficient (Wildman–Crippen LogP) is 4.41. The first-order valence-electron chi connectivity index (χ1n) is 7.59. The molecule has 1 aromatic carbocycles. The summed E-state index contributed by atoms with van der Waals surface area (Å²) in [5, 5.41) is 4.45. The van der Waals surface area contributed by atoms with Crippen molar-refractivity contribution in [2.75, 3.05) is 25.0 Å². The normalized spacial score (nSPS) is 17.3. The van der Waals surface area contributed by atoms with Gasteiger partial charge in [-0.1, -0.05) is 30.3 Å². The molecule has 1 fully saturated rings. The summed E-state index contributed by atoms with van der Waals surface area (Å²) in [6.45, 7) is 2.59. The molecule has 0 bridgehead atoms. The zero-order valence-electron chi connectivity index (χ0n) is 12.5. The topological polar surface area (TPSA) is 28.2 Å². The Bertz CT molecular complexity index is 621. The van der Waals surface area contributed by atoms with Crippen molar-refractivity contribution in [3.05, 3.63) is 47.0 Å². The Balaban J connectivity index is 1.70. The summed E-state index contributed by atoms with van der Waals surface area (Å²) in [4.78, 5) is 6.01. The minimum absolute atomic E-state index is 0.150. The minimum Gasteiger partial charge on any atom is -0.360 e. The summed E-state index contributed by atoms with van der Waals surface area (Å²) in [6, 6.07) is 10.2. The fourth-order valence-electron chi connectivity index (χ4n) is 2.86. The van der Waals surface area contributed by atoms with Crippen LogP contribution in [0, 0.1) is 0 Å². The second-order valence-electron chi connectivity index (χ2n) is 5.59. The fraction of sp³-hybridized carbons (Fsp3) is 0.438. The molecule has 1 saturated heterocycles. The number of likely N-dealkylation sites (tertiary alicyclic amines) is 1. The molecular weight excluding hydrogens is 323 g/mol. The number of alkyl halides is 3. The highest BCUT2D eigenvalue weighted by Crippen LogP contribution is 2.32. The van der Waals surface area contributed by atoms with Crippen molar-refractivity contribution >= 4 is 16.5 Å². The molecular formula is C16H18F3N3S. The quantitative estimate of drug-likeness (QED) is 0.873. The van der Waals surface area contributed by atoms with Gasteiger partial charge in [-0.3, -0.25) is 4.90 Å². The van der Waals surface area contributed by atoms with Crippen molar-refractivity contribution in [2.24, 2.45) is 0 Å². The summed E-state index contributed by atoms with van der Waals surface area (Å²) in [7, 11) is 0. The highest BCUT2D eigenvalue weighted by Gasteiger charge is 2.34. The summed E-state index contributed by atoms with van der Waals surface area (Å²) in [5.74, 6) is 0. The van der Waals surface area contributed by atoms with Crippen LogP contribution in [0.2, 0.25) is 0 Å². The molecule has 1 atom stereocenters. The van der Waals surface area contributed by atoms with E-state index in [0.717, 1.165) is 29.8 Å². The molecule has 7 heteroatoms. The van der Waals surface area contributed by atoms with E-state index >= 15 is 0 Å². The Labute approximate surface area is 137 Å². The maximum atomic E-state index is 12.6. The highest BCUT2D eigenvalue weighted by atomic mass is 32.1. The van der Waals surface area contributed by atoms with Gasteiger partial charge in [-0.05, 0) is 31.5 Å². The Hall–Kier alpha value is -1.60. The third-order valence-electron chi connectivity index (χ3n) is 4.01. The van der Waals surface area contributed by atoms with Crippen LogP contribution >= 0.6 is 11.3 Å². The molecule has 0 amide bonds. The predicted molar refractivity (Wildman–Crippen MR) is 85.6 cm³/mol. The molecule has 1 aromatic heterocycles. The van der Waals surface area contributed by atoms with Gasteiger partial charge in [-0.25, -0.2) is 4.98 Å². The van der Waals surface area contributed by atoms with Crippen molar-refractivity contribution in [1.29, 1.82) is 0 Å². The lowest BCUT2D eigenvalue weighted by molar-refractivity contribution is -0.140. The van der Waals surface area contributed by atoms with Crippen LogP contribution in [0.1, 0.15) is 30.1 Å². The number of rotatable bonds is 5. The van der Waals surface area contributed by atoms with Crippen LogP contribution in [0.4, 0.5) is 18.3 Å². The van der Waals surface area contributed by atoms with E-state index < -0.39 is 11.9 Å². The average molecular weight is 341 g/mol. The molecule has 3 rings (SSSR count). The Kier molecular flexibility index (Phi) is 4.87. The van der Waals surface area contributed by atoms with Crippen molar-refractivity contribution in [3.8, 4) is 0 Å². The van der Waals surface area contributed by atoms with Gasteiger partial charge in [-0.15, -0.1) is 11.3 Å². The fourth-order valence-corrected chi connectivity index (χ4v) is 3.58. The van der Waals surface area contributed by atoms with Crippen LogP contribution in [-0.2, 0) is 6.18 Å². The molecule has 1 N–H and O–H groups in total. The number of nitrogens with zero attached hydrogens (tertiary/aromatic N) is 2. The van der Waals surface area contributed by atoms with E-state index in [4.69, 9.17) is 0 Å². The second-order valence-corrected chi connectivity index (χ2v) is 6.44. The molecule has 2 aromatic rings. The molecule has 1 aliphatic heterocycles. The van der Waals surface area contributed by atoms with E-state index in [0.29, 0.717) is 11.7 Å². The Morgan fingerprint density at radius 1 is 1.17 bits per heavy atom. The number of anilines is 1. The van der Waals surface area contributed by atoms with Gasteiger partial charge in [-0.2, -0.15) is 13.2 Å². The molecule has 0 saturated carbocycles. The molecule has 3 nitrogen and oxygen atoms in total. The first-order chi connectivity index (χ1) is 11.0. The van der Waals surface area contributed by atoms with Crippen LogP contribution in [0.5, 0.6) is 0 Å². The van der Waals surface area contributed by atoms with E-state index in [-0.39, 0.29) is 6.04 Å². The van der Waals surface area contributed by atoms with Gasteiger partial charge in [0.05, 0.1) is 6.04 Å². The van der Waals surface area contributed by atoms with E-state index in [9.17, 15) is 13.2 Å². The highest BCUT2D eigenvalue weighted by molar-refractivity contribution is 7.13. The number of benzene rings is 1. The largest absolute Gasteiger partial charge is 0.434 e. The lowest BCUT2D eigenvalue weighted by atomic mass is 10.1. The van der Waals surface area contributed by atoms with E-state index in [1.807, 2.05) is 18.2 Å². The van der Waals surface area contributed by atoms with Gasteiger partial charge < -0.3 is 5.32 Å². The van der Waals surface area contributed by atoms with Crippen molar-refractivity contribution < 1.29 is 13.2 Å². The summed E-state index contributed by atoms with van der Waals surface area (Å²) >= 11 is 0.995. The van der Waals surface area contributed by atoms with Gasteiger partial charge in [0, 0.05) is 11.9 Å². The molecule has 1 unspecified atom stereocenters. The standard InChI is InChI=1S/C16H18F3N3S/c17-16(18,19)14-11-23-15(21-14)20-10-13(22-8-4-5-9-22)12-6-2-1-3-7-12/h1-3,6-7,11,13H,4-5,8-10H2,(H,20,21). The first-order valence-corrected chi connectivity index (χ1v) is 8.47. The smallest absolute Gasteiger partial charge is 0.360 e. The maximum absolute atomic E-state index is 12.6. The molecule has 0 spiro atoms. The third kappa shape index (κ3) is 4.03. The number of hydrogen-bond donors (Lipinski definition) is 1. The Morgan fingerprint density at radius 3 is 2.48 bits per heavy atom.